The number of ketones is 1. The van der Waals surface area contributed by atoms with Gasteiger partial charge in [-0.05, 0) is 44.0 Å². The molecule has 0 aliphatic carbocycles. The number of allylic oxidation sites excluding steroid dienone is 2. The number of benzene rings is 1. The summed E-state index contributed by atoms with van der Waals surface area (Å²) in [5, 5.41) is 17.0. The molecule has 90 valence electrons. The second kappa shape index (κ2) is 5.39. The maximum absolute atomic E-state index is 11.2. The van der Waals surface area contributed by atoms with Crippen molar-refractivity contribution in [2.75, 3.05) is 0 Å². The van der Waals surface area contributed by atoms with Gasteiger partial charge in [0.25, 0.3) is 0 Å². The molecule has 0 bridgehead atoms. The van der Waals surface area contributed by atoms with Crippen molar-refractivity contribution in [3.8, 4) is 0 Å². The number of rotatable bonds is 3. The van der Waals surface area contributed by atoms with E-state index in [1.807, 2.05) is 32.0 Å². The van der Waals surface area contributed by atoms with Gasteiger partial charge in [0.1, 0.15) is 5.76 Å². The SMILES string of the molecule is CC(=O)/C(N=Nc1ccc(C)c(C)c1)=C(\C)O. The summed E-state index contributed by atoms with van der Waals surface area (Å²) in [6, 6.07) is 5.63. The molecule has 0 aliphatic rings. The Labute approximate surface area is 101 Å². The van der Waals surface area contributed by atoms with Gasteiger partial charge in [0, 0.05) is 6.92 Å². The van der Waals surface area contributed by atoms with Crippen molar-refractivity contribution in [3.63, 3.8) is 0 Å². The zero-order valence-electron chi connectivity index (χ0n) is 10.5. The highest BCUT2D eigenvalue weighted by Crippen LogP contribution is 2.19. The first-order chi connectivity index (χ1) is 7.91. The van der Waals surface area contributed by atoms with Gasteiger partial charge in [0.15, 0.2) is 11.5 Å². The molecule has 0 saturated heterocycles. The largest absolute Gasteiger partial charge is 0.510 e. The molecular formula is C13H16N2O2. The van der Waals surface area contributed by atoms with Crippen LogP contribution >= 0.6 is 0 Å². The minimum Gasteiger partial charge on any atom is -0.510 e. The van der Waals surface area contributed by atoms with Crippen molar-refractivity contribution in [2.24, 2.45) is 10.2 Å². The normalized spacial score (nSPS) is 12.7. The lowest BCUT2D eigenvalue weighted by atomic mass is 10.1. The van der Waals surface area contributed by atoms with Crippen LogP contribution in [0.1, 0.15) is 25.0 Å². The fourth-order valence-corrected chi connectivity index (χ4v) is 1.29. The Morgan fingerprint density at radius 3 is 2.29 bits per heavy atom. The van der Waals surface area contributed by atoms with Crippen LogP contribution in [0.5, 0.6) is 0 Å². The average molecular weight is 232 g/mol. The molecule has 17 heavy (non-hydrogen) atoms. The molecule has 0 fully saturated rings. The highest BCUT2D eigenvalue weighted by Gasteiger charge is 2.06. The molecule has 0 aliphatic heterocycles. The van der Waals surface area contributed by atoms with Gasteiger partial charge in [0.05, 0.1) is 5.69 Å². The Bertz CT molecular complexity index is 498. The van der Waals surface area contributed by atoms with E-state index < -0.39 is 0 Å². The smallest absolute Gasteiger partial charge is 0.183 e. The maximum Gasteiger partial charge on any atom is 0.183 e. The summed E-state index contributed by atoms with van der Waals surface area (Å²) in [4.78, 5) is 11.2. The fraction of sp³-hybridized carbons (Fsp3) is 0.308. The third kappa shape index (κ3) is 3.52. The number of hydrogen-bond acceptors (Lipinski definition) is 4. The number of azo groups is 1. The molecule has 0 amide bonds. The molecule has 0 aromatic heterocycles. The molecule has 0 spiro atoms. The zero-order valence-corrected chi connectivity index (χ0v) is 10.5. The molecular weight excluding hydrogens is 216 g/mol. The van der Waals surface area contributed by atoms with Crippen LogP contribution in [0, 0.1) is 13.8 Å². The zero-order chi connectivity index (χ0) is 13.0. The van der Waals surface area contributed by atoms with E-state index in [2.05, 4.69) is 10.2 Å². The van der Waals surface area contributed by atoms with Gasteiger partial charge in [-0.2, -0.15) is 5.11 Å². The van der Waals surface area contributed by atoms with Gasteiger partial charge in [-0.1, -0.05) is 6.07 Å². The van der Waals surface area contributed by atoms with E-state index in [0.717, 1.165) is 5.56 Å². The minimum atomic E-state index is -0.308. The highest BCUT2D eigenvalue weighted by atomic mass is 16.3. The van der Waals surface area contributed by atoms with Crippen LogP contribution in [0.2, 0.25) is 0 Å². The van der Waals surface area contributed by atoms with E-state index in [1.54, 1.807) is 0 Å². The molecule has 1 aromatic carbocycles. The fourth-order valence-electron chi connectivity index (χ4n) is 1.29. The van der Waals surface area contributed by atoms with Gasteiger partial charge < -0.3 is 5.11 Å². The predicted molar refractivity (Wildman–Crippen MR) is 66.4 cm³/mol. The number of aliphatic hydroxyl groups excluding tert-OH is 1. The number of carbonyl (C=O) groups excluding carboxylic acids is 1. The first kappa shape index (κ1) is 13.1. The van der Waals surface area contributed by atoms with Crippen molar-refractivity contribution in [1.82, 2.24) is 0 Å². The van der Waals surface area contributed by atoms with Gasteiger partial charge in [0.2, 0.25) is 0 Å². The van der Waals surface area contributed by atoms with Crippen molar-refractivity contribution in [2.45, 2.75) is 27.7 Å². The van der Waals surface area contributed by atoms with Gasteiger partial charge in [-0.15, -0.1) is 5.11 Å². The summed E-state index contributed by atoms with van der Waals surface area (Å²) in [6.45, 7) is 6.74. The van der Waals surface area contributed by atoms with Crippen LogP contribution in [0.3, 0.4) is 0 Å². The van der Waals surface area contributed by atoms with Crippen molar-refractivity contribution < 1.29 is 9.90 Å². The third-order valence-electron chi connectivity index (χ3n) is 2.43. The van der Waals surface area contributed by atoms with Crippen molar-refractivity contribution >= 4 is 11.5 Å². The Hall–Kier alpha value is -1.97. The van der Waals surface area contributed by atoms with Gasteiger partial charge in [-0.25, -0.2) is 0 Å². The van der Waals surface area contributed by atoms with Crippen LogP contribution in [0.25, 0.3) is 0 Å². The number of hydrogen-bond donors (Lipinski definition) is 1. The maximum atomic E-state index is 11.2. The van der Waals surface area contributed by atoms with E-state index in [9.17, 15) is 9.90 Å². The van der Waals surface area contributed by atoms with Crippen LogP contribution < -0.4 is 0 Å². The van der Waals surface area contributed by atoms with E-state index >= 15 is 0 Å². The summed E-state index contributed by atoms with van der Waals surface area (Å²) < 4.78 is 0. The summed E-state index contributed by atoms with van der Waals surface area (Å²) in [5.41, 5.74) is 2.93. The van der Waals surface area contributed by atoms with E-state index in [1.165, 1.54) is 19.4 Å². The van der Waals surface area contributed by atoms with E-state index in [-0.39, 0.29) is 17.2 Å². The van der Waals surface area contributed by atoms with Crippen LogP contribution in [0.15, 0.2) is 39.9 Å². The van der Waals surface area contributed by atoms with E-state index in [4.69, 9.17) is 0 Å². The molecule has 0 unspecified atom stereocenters. The quantitative estimate of drug-likeness (QED) is 0.490. The Balaban J connectivity index is 3.01. The molecule has 1 rings (SSSR count). The molecule has 1 N–H and O–H groups in total. The van der Waals surface area contributed by atoms with Crippen LogP contribution in [-0.4, -0.2) is 10.9 Å². The van der Waals surface area contributed by atoms with Gasteiger partial charge >= 0.3 is 0 Å². The highest BCUT2D eigenvalue weighted by molar-refractivity contribution is 5.93. The average Bonchev–Trinajstić information content (AvgIpc) is 2.22. The molecule has 0 heterocycles. The lowest BCUT2D eigenvalue weighted by Gasteiger charge is -2.00. The van der Waals surface area contributed by atoms with Gasteiger partial charge in [-0.3, -0.25) is 4.79 Å². The topological polar surface area (TPSA) is 62.0 Å². The number of aliphatic hydroxyl groups is 1. The number of aryl methyl sites for hydroxylation is 2. The predicted octanol–water partition coefficient (Wildman–Crippen LogP) is 3.77. The summed E-state index contributed by atoms with van der Waals surface area (Å²) in [6.07, 6.45) is 0. The number of Topliss-reactive ketones (excluding diaryl/α,β-unsaturated/α-hetero) is 1. The second-order valence-corrected chi connectivity index (χ2v) is 3.96. The molecule has 0 radical (unpaired) electrons. The first-order valence-electron chi connectivity index (χ1n) is 5.31. The Kier molecular flexibility index (Phi) is 4.15. The summed E-state index contributed by atoms with van der Waals surface area (Å²) >= 11 is 0. The summed E-state index contributed by atoms with van der Waals surface area (Å²) in [5.74, 6) is -0.428. The third-order valence-corrected chi connectivity index (χ3v) is 2.43. The molecule has 1 aromatic rings. The van der Waals surface area contributed by atoms with Crippen molar-refractivity contribution in [1.29, 1.82) is 0 Å². The number of carbonyl (C=O) groups is 1. The second-order valence-electron chi connectivity index (χ2n) is 3.96. The standard InChI is InChI=1S/C13H16N2O2/c1-8-5-6-12(7-9(8)2)14-15-13(10(3)16)11(4)17/h5-7,16H,1-4H3/b13-10-,15-14?. The lowest BCUT2D eigenvalue weighted by Crippen LogP contribution is -1.96. The Morgan fingerprint density at radius 2 is 1.82 bits per heavy atom. The van der Waals surface area contributed by atoms with Crippen LogP contribution in [-0.2, 0) is 4.79 Å². The lowest BCUT2D eigenvalue weighted by molar-refractivity contribution is -0.113. The van der Waals surface area contributed by atoms with Crippen molar-refractivity contribution in [3.05, 3.63) is 40.8 Å². The van der Waals surface area contributed by atoms with Crippen LogP contribution in [0.4, 0.5) is 5.69 Å². The van der Waals surface area contributed by atoms with E-state index in [0.29, 0.717) is 5.69 Å². The Morgan fingerprint density at radius 1 is 1.18 bits per heavy atom. The number of nitrogens with zero attached hydrogens (tertiary/aromatic N) is 2. The monoisotopic (exact) mass is 232 g/mol. The molecule has 4 nitrogen and oxygen atoms in total. The molecule has 4 heteroatoms. The minimum absolute atomic E-state index is 0.0109. The molecule has 0 atom stereocenters. The summed E-state index contributed by atoms with van der Waals surface area (Å²) in [7, 11) is 0. The molecule has 0 saturated carbocycles. The first-order valence-corrected chi connectivity index (χ1v) is 5.31.